The molecule has 0 aliphatic heterocycles. The Morgan fingerprint density at radius 2 is 1.75 bits per heavy atom. The lowest BCUT2D eigenvalue weighted by Crippen LogP contribution is -2.16. The standard InChI is InChI=1S/C17H15NO2/c1-13-7-9-14(10-8-13)11-12-16(20-17(18)19)15-5-3-2-4-6-15/h2-10,16H,1H3,(H2,18,19). The molecule has 0 radical (unpaired) electrons. The maximum absolute atomic E-state index is 11.0. The highest BCUT2D eigenvalue weighted by Crippen LogP contribution is 2.16. The lowest BCUT2D eigenvalue weighted by molar-refractivity contribution is 0.134. The van der Waals surface area contributed by atoms with Gasteiger partial charge in [0, 0.05) is 11.1 Å². The summed E-state index contributed by atoms with van der Waals surface area (Å²) in [6.07, 6.45) is -1.49. The monoisotopic (exact) mass is 265 g/mol. The molecule has 0 aliphatic carbocycles. The van der Waals surface area contributed by atoms with Gasteiger partial charge < -0.3 is 10.5 Å². The molecular formula is C17H15NO2. The van der Waals surface area contributed by atoms with E-state index < -0.39 is 12.2 Å². The van der Waals surface area contributed by atoms with Crippen LogP contribution in [0.5, 0.6) is 0 Å². The Balaban J connectivity index is 2.25. The van der Waals surface area contributed by atoms with Gasteiger partial charge in [0.25, 0.3) is 0 Å². The van der Waals surface area contributed by atoms with Gasteiger partial charge in [0.2, 0.25) is 0 Å². The third-order valence-electron chi connectivity index (χ3n) is 2.74. The fourth-order valence-corrected chi connectivity index (χ4v) is 1.71. The van der Waals surface area contributed by atoms with E-state index in [-0.39, 0.29) is 0 Å². The van der Waals surface area contributed by atoms with Crippen molar-refractivity contribution in [1.29, 1.82) is 0 Å². The zero-order valence-electron chi connectivity index (χ0n) is 11.2. The molecule has 0 aliphatic rings. The quantitative estimate of drug-likeness (QED) is 0.848. The van der Waals surface area contributed by atoms with Crippen molar-refractivity contribution in [2.75, 3.05) is 0 Å². The van der Waals surface area contributed by atoms with E-state index in [1.807, 2.05) is 61.5 Å². The second-order valence-corrected chi connectivity index (χ2v) is 4.36. The van der Waals surface area contributed by atoms with E-state index in [9.17, 15) is 4.79 Å². The minimum absolute atomic E-state index is 0.657. The molecule has 1 unspecified atom stereocenters. The van der Waals surface area contributed by atoms with Gasteiger partial charge in [-0.25, -0.2) is 4.79 Å². The Morgan fingerprint density at radius 1 is 1.10 bits per heavy atom. The Kier molecular flexibility index (Phi) is 4.41. The summed E-state index contributed by atoms with van der Waals surface area (Å²) in [5, 5.41) is 0. The van der Waals surface area contributed by atoms with E-state index in [0.717, 1.165) is 11.1 Å². The maximum atomic E-state index is 11.0. The summed E-state index contributed by atoms with van der Waals surface area (Å²) in [5.41, 5.74) is 7.92. The van der Waals surface area contributed by atoms with Gasteiger partial charge >= 0.3 is 6.09 Å². The molecule has 0 spiro atoms. The molecule has 0 aromatic heterocycles. The first-order chi connectivity index (χ1) is 9.65. The molecule has 0 fully saturated rings. The van der Waals surface area contributed by atoms with Gasteiger partial charge in [0.1, 0.15) is 0 Å². The van der Waals surface area contributed by atoms with Crippen molar-refractivity contribution in [3.8, 4) is 11.8 Å². The van der Waals surface area contributed by atoms with Crippen molar-refractivity contribution >= 4 is 6.09 Å². The van der Waals surface area contributed by atoms with Crippen LogP contribution in [0.25, 0.3) is 0 Å². The molecule has 0 heterocycles. The molecule has 2 rings (SSSR count). The molecule has 2 N–H and O–H groups in total. The first kappa shape index (κ1) is 13.7. The van der Waals surface area contributed by atoms with Crippen LogP contribution in [0, 0.1) is 18.8 Å². The van der Waals surface area contributed by atoms with Gasteiger partial charge in [-0.05, 0) is 25.0 Å². The molecule has 0 saturated carbocycles. The highest BCUT2D eigenvalue weighted by molar-refractivity contribution is 5.65. The number of carbonyl (C=O) groups is 1. The van der Waals surface area contributed by atoms with Gasteiger partial charge in [-0.3, -0.25) is 0 Å². The van der Waals surface area contributed by atoms with Gasteiger partial charge in [-0.1, -0.05) is 53.9 Å². The van der Waals surface area contributed by atoms with Crippen molar-refractivity contribution in [2.45, 2.75) is 13.0 Å². The Hall–Kier alpha value is -2.73. The summed E-state index contributed by atoms with van der Waals surface area (Å²) in [4.78, 5) is 11.0. The van der Waals surface area contributed by atoms with Crippen molar-refractivity contribution < 1.29 is 9.53 Å². The second-order valence-electron chi connectivity index (χ2n) is 4.36. The molecule has 1 atom stereocenters. The molecular weight excluding hydrogens is 250 g/mol. The van der Waals surface area contributed by atoms with Crippen LogP contribution in [0.15, 0.2) is 54.6 Å². The molecule has 3 heteroatoms. The van der Waals surface area contributed by atoms with Gasteiger partial charge in [0.05, 0.1) is 0 Å². The van der Waals surface area contributed by atoms with Crippen LogP contribution < -0.4 is 5.73 Å². The average molecular weight is 265 g/mol. The average Bonchev–Trinajstić information content (AvgIpc) is 2.46. The molecule has 1 amide bonds. The molecule has 100 valence electrons. The largest absolute Gasteiger partial charge is 0.428 e. The van der Waals surface area contributed by atoms with Crippen LogP contribution in [0.2, 0.25) is 0 Å². The predicted molar refractivity (Wildman–Crippen MR) is 77.9 cm³/mol. The summed E-state index contributed by atoms with van der Waals surface area (Å²) in [6.45, 7) is 2.01. The summed E-state index contributed by atoms with van der Waals surface area (Å²) in [5.74, 6) is 5.92. The van der Waals surface area contributed by atoms with E-state index >= 15 is 0 Å². The van der Waals surface area contributed by atoms with Crippen LogP contribution in [-0.2, 0) is 4.74 Å². The normalized spacial score (nSPS) is 11.1. The number of benzene rings is 2. The minimum Gasteiger partial charge on any atom is -0.428 e. The summed E-state index contributed by atoms with van der Waals surface area (Å²) < 4.78 is 5.05. The van der Waals surface area contributed by atoms with Crippen LogP contribution in [0.1, 0.15) is 22.8 Å². The van der Waals surface area contributed by atoms with Crippen molar-refractivity contribution in [1.82, 2.24) is 0 Å². The fourth-order valence-electron chi connectivity index (χ4n) is 1.71. The summed E-state index contributed by atoms with van der Waals surface area (Å²) >= 11 is 0. The van der Waals surface area contributed by atoms with Crippen LogP contribution in [0.4, 0.5) is 4.79 Å². The van der Waals surface area contributed by atoms with Gasteiger partial charge in [-0.15, -0.1) is 0 Å². The fraction of sp³-hybridized carbons (Fsp3) is 0.118. The number of amides is 1. The zero-order chi connectivity index (χ0) is 14.4. The third kappa shape index (κ3) is 3.89. The number of hydrogen-bond donors (Lipinski definition) is 1. The summed E-state index contributed by atoms with van der Waals surface area (Å²) in [6, 6.07) is 17.1. The van der Waals surface area contributed by atoms with Gasteiger partial charge in [-0.2, -0.15) is 0 Å². The first-order valence-corrected chi connectivity index (χ1v) is 6.24. The molecule has 2 aromatic carbocycles. The van der Waals surface area contributed by atoms with E-state index in [0.29, 0.717) is 0 Å². The summed E-state index contributed by atoms with van der Waals surface area (Å²) in [7, 11) is 0. The lowest BCUT2D eigenvalue weighted by atomic mass is 10.1. The van der Waals surface area contributed by atoms with Crippen molar-refractivity contribution in [2.24, 2.45) is 5.73 Å². The van der Waals surface area contributed by atoms with Crippen molar-refractivity contribution in [3.63, 3.8) is 0 Å². The van der Waals surface area contributed by atoms with E-state index in [2.05, 4.69) is 11.8 Å². The molecule has 3 nitrogen and oxygen atoms in total. The van der Waals surface area contributed by atoms with Crippen LogP contribution >= 0.6 is 0 Å². The third-order valence-corrected chi connectivity index (χ3v) is 2.74. The number of ether oxygens (including phenoxy) is 1. The number of carbonyl (C=O) groups excluding carboxylic acids is 1. The molecule has 0 saturated heterocycles. The highest BCUT2D eigenvalue weighted by Gasteiger charge is 2.11. The SMILES string of the molecule is Cc1ccc(C#CC(OC(N)=O)c2ccccc2)cc1. The van der Waals surface area contributed by atoms with E-state index in [1.165, 1.54) is 5.56 Å². The Bertz CT molecular complexity index is 636. The second kappa shape index (κ2) is 6.44. The Labute approximate surface area is 118 Å². The number of aryl methyl sites for hydroxylation is 1. The first-order valence-electron chi connectivity index (χ1n) is 6.24. The van der Waals surface area contributed by atoms with Crippen LogP contribution in [0.3, 0.4) is 0 Å². The lowest BCUT2D eigenvalue weighted by Gasteiger charge is -2.10. The van der Waals surface area contributed by atoms with Crippen LogP contribution in [-0.4, -0.2) is 6.09 Å². The Morgan fingerprint density at radius 3 is 2.35 bits per heavy atom. The predicted octanol–water partition coefficient (Wildman–Crippen LogP) is 3.18. The molecule has 0 bridgehead atoms. The topological polar surface area (TPSA) is 52.3 Å². The highest BCUT2D eigenvalue weighted by atomic mass is 16.6. The molecule has 2 aromatic rings. The number of nitrogens with two attached hydrogens (primary N) is 1. The van der Waals surface area contributed by atoms with Gasteiger partial charge in [0.15, 0.2) is 6.10 Å². The molecule has 20 heavy (non-hydrogen) atoms. The zero-order valence-corrected chi connectivity index (χ0v) is 11.2. The van der Waals surface area contributed by atoms with Crippen molar-refractivity contribution in [3.05, 3.63) is 71.3 Å². The van der Waals surface area contributed by atoms with E-state index in [1.54, 1.807) is 0 Å². The number of rotatable bonds is 2. The smallest absolute Gasteiger partial charge is 0.406 e. The minimum atomic E-state index is -0.836. The number of primary amides is 1. The number of hydrogen-bond acceptors (Lipinski definition) is 2. The van der Waals surface area contributed by atoms with E-state index in [4.69, 9.17) is 10.5 Å². The maximum Gasteiger partial charge on any atom is 0.406 e.